The second-order valence-corrected chi connectivity index (χ2v) is 4.06. The summed E-state index contributed by atoms with van der Waals surface area (Å²) in [7, 11) is 3.68. The maximum atomic E-state index is 2.20. The van der Waals surface area contributed by atoms with E-state index in [1.165, 1.54) is 9.81 Å². The molecule has 0 atom stereocenters. The van der Waals surface area contributed by atoms with Gasteiger partial charge in [0.25, 0.3) is 0 Å². The fourth-order valence-electron chi connectivity index (χ4n) is 0.494. The third-order valence-corrected chi connectivity index (χ3v) is 3.53. The maximum Gasteiger partial charge on any atom is 0.0151 e. The van der Waals surface area contributed by atoms with Crippen molar-refractivity contribution < 1.29 is 0 Å². The van der Waals surface area contributed by atoms with Crippen LogP contribution in [0.3, 0.4) is 0 Å². The molecule has 0 amide bonds. The van der Waals surface area contributed by atoms with E-state index in [1.54, 1.807) is 0 Å². The lowest BCUT2D eigenvalue weighted by Gasteiger charge is -1.83. The van der Waals surface area contributed by atoms with Crippen molar-refractivity contribution in [3.05, 3.63) is 22.0 Å². The number of allylic oxidation sites excluding steroid dienone is 3. The third-order valence-electron chi connectivity index (χ3n) is 0.899. The van der Waals surface area contributed by atoms with Gasteiger partial charge in [-0.15, -0.1) is 0 Å². The zero-order chi connectivity index (χ0) is 5.98. The van der Waals surface area contributed by atoms with Crippen LogP contribution in [0, 0.1) is 0 Å². The highest BCUT2D eigenvalue weighted by molar-refractivity contribution is 8.80. The number of hydrogen-bond acceptors (Lipinski definition) is 2. The molecule has 0 saturated heterocycles. The van der Waals surface area contributed by atoms with Crippen molar-refractivity contribution in [3.63, 3.8) is 0 Å². The zero-order valence-corrected chi connectivity index (χ0v) is 6.60. The van der Waals surface area contributed by atoms with E-state index in [4.69, 9.17) is 0 Å². The lowest BCUT2D eigenvalue weighted by Crippen LogP contribution is -1.55. The molecule has 0 aromatic carbocycles. The highest BCUT2D eigenvalue weighted by atomic mass is 33.1. The van der Waals surface area contributed by atoms with Crippen LogP contribution in [0.5, 0.6) is 0 Å². The van der Waals surface area contributed by atoms with Gasteiger partial charge in [0, 0.05) is 4.91 Å². The largest absolute Gasteiger partial charge is 0.0731 e. The maximum absolute atomic E-state index is 2.20. The molecular weight excluding hydrogens is 136 g/mol. The molecule has 1 aliphatic rings. The highest BCUT2D eigenvalue weighted by Crippen LogP contribution is 2.43. The van der Waals surface area contributed by atoms with Crippen molar-refractivity contribution in [2.45, 2.75) is 13.8 Å². The Hall–Kier alpha value is 0.180. The average molecular weight is 144 g/mol. The van der Waals surface area contributed by atoms with Gasteiger partial charge in [0.1, 0.15) is 0 Å². The molecule has 2 heteroatoms. The molecule has 0 nitrogen and oxygen atoms in total. The van der Waals surface area contributed by atoms with E-state index in [0.29, 0.717) is 0 Å². The van der Waals surface area contributed by atoms with Crippen molar-refractivity contribution in [3.8, 4) is 0 Å². The van der Waals surface area contributed by atoms with Crippen molar-refractivity contribution in [2.75, 3.05) is 0 Å². The molecule has 1 heterocycles. The smallest absolute Gasteiger partial charge is 0.0151 e. The summed E-state index contributed by atoms with van der Waals surface area (Å²) < 4.78 is 0. The van der Waals surface area contributed by atoms with E-state index >= 15 is 0 Å². The molecule has 0 fully saturated rings. The molecule has 0 saturated carbocycles. The van der Waals surface area contributed by atoms with Gasteiger partial charge in [0.2, 0.25) is 0 Å². The molecule has 0 N–H and O–H groups in total. The van der Waals surface area contributed by atoms with E-state index < -0.39 is 0 Å². The quantitative estimate of drug-likeness (QED) is 0.479. The van der Waals surface area contributed by atoms with Crippen molar-refractivity contribution in [1.29, 1.82) is 0 Å². The Kier molecular flexibility index (Phi) is 2.08. The van der Waals surface area contributed by atoms with E-state index in [2.05, 4.69) is 26.0 Å². The van der Waals surface area contributed by atoms with Gasteiger partial charge in [-0.05, 0) is 24.8 Å². The van der Waals surface area contributed by atoms with Crippen LogP contribution >= 0.6 is 21.6 Å². The molecule has 44 valence electrons. The number of rotatable bonds is 0. The molecule has 8 heavy (non-hydrogen) atoms. The Labute approximate surface area is 57.8 Å². The second-order valence-electron chi connectivity index (χ2n) is 1.61. The molecule has 0 aromatic rings. The topological polar surface area (TPSA) is 0 Å². The Bertz CT molecular complexity index is 145. The summed E-state index contributed by atoms with van der Waals surface area (Å²) in [6.45, 7) is 4.20. The summed E-state index contributed by atoms with van der Waals surface area (Å²) in [5, 5.41) is 0. The Morgan fingerprint density at radius 2 is 2.25 bits per heavy atom. The van der Waals surface area contributed by atoms with E-state index in [9.17, 15) is 0 Å². The first-order valence-corrected chi connectivity index (χ1v) is 4.67. The van der Waals surface area contributed by atoms with E-state index in [1.807, 2.05) is 21.6 Å². The van der Waals surface area contributed by atoms with Gasteiger partial charge in [-0.2, -0.15) is 0 Å². The molecule has 1 aliphatic heterocycles. The standard InChI is InChI=1S/C6H8S2/c1-3-6-4-5(2)7-8-6/h3-4H,1-2H3/b6-3+. The minimum atomic E-state index is 1.38. The molecule has 0 unspecified atom stereocenters. The van der Waals surface area contributed by atoms with E-state index in [0.717, 1.165) is 0 Å². The first-order chi connectivity index (χ1) is 3.83. The highest BCUT2D eigenvalue weighted by Gasteiger charge is 2.03. The molecule has 0 bridgehead atoms. The van der Waals surface area contributed by atoms with Gasteiger partial charge in [0.15, 0.2) is 0 Å². The Balaban J connectivity index is 2.67. The van der Waals surface area contributed by atoms with Gasteiger partial charge in [-0.1, -0.05) is 27.7 Å². The summed E-state index contributed by atoms with van der Waals surface area (Å²) in [5.41, 5.74) is 0. The lowest BCUT2D eigenvalue weighted by atomic mass is 10.4. The van der Waals surface area contributed by atoms with Crippen LogP contribution in [-0.4, -0.2) is 0 Å². The van der Waals surface area contributed by atoms with Crippen molar-refractivity contribution >= 4 is 21.6 Å². The minimum Gasteiger partial charge on any atom is -0.0731 e. The van der Waals surface area contributed by atoms with Crippen LogP contribution < -0.4 is 0 Å². The SMILES string of the molecule is C/C=C1\C=C(C)SS1. The summed E-state index contributed by atoms with van der Waals surface area (Å²) in [5.74, 6) is 0. The third kappa shape index (κ3) is 1.33. The van der Waals surface area contributed by atoms with Gasteiger partial charge in [0.05, 0.1) is 0 Å². The van der Waals surface area contributed by atoms with Crippen LogP contribution in [0.4, 0.5) is 0 Å². The normalized spacial score (nSPS) is 24.2. The van der Waals surface area contributed by atoms with Crippen LogP contribution in [-0.2, 0) is 0 Å². The monoisotopic (exact) mass is 144 g/mol. The molecule has 0 spiro atoms. The average Bonchev–Trinajstić information content (AvgIpc) is 2.14. The number of hydrogen-bond donors (Lipinski definition) is 0. The molecule has 1 rings (SSSR count). The van der Waals surface area contributed by atoms with Gasteiger partial charge < -0.3 is 0 Å². The van der Waals surface area contributed by atoms with Gasteiger partial charge in [-0.25, -0.2) is 0 Å². The second kappa shape index (κ2) is 2.65. The fourth-order valence-corrected chi connectivity index (χ4v) is 2.55. The molecule has 0 aliphatic carbocycles. The van der Waals surface area contributed by atoms with Gasteiger partial charge >= 0.3 is 0 Å². The summed E-state index contributed by atoms with van der Waals surface area (Å²) in [4.78, 5) is 2.79. The first kappa shape index (κ1) is 6.30. The van der Waals surface area contributed by atoms with Crippen molar-refractivity contribution in [1.82, 2.24) is 0 Å². The zero-order valence-electron chi connectivity index (χ0n) is 4.97. The van der Waals surface area contributed by atoms with Gasteiger partial charge in [-0.3, -0.25) is 0 Å². The predicted octanol–water partition coefficient (Wildman–Crippen LogP) is 3.19. The van der Waals surface area contributed by atoms with Crippen LogP contribution in [0.2, 0.25) is 0 Å². The fraction of sp³-hybridized carbons (Fsp3) is 0.333. The van der Waals surface area contributed by atoms with E-state index in [-0.39, 0.29) is 0 Å². The Morgan fingerprint density at radius 3 is 2.50 bits per heavy atom. The summed E-state index contributed by atoms with van der Waals surface area (Å²) in [6.07, 6.45) is 4.34. The minimum absolute atomic E-state index is 1.38. The molecule has 0 aromatic heterocycles. The summed E-state index contributed by atoms with van der Waals surface area (Å²) >= 11 is 0. The molecular formula is C6H8S2. The van der Waals surface area contributed by atoms with Crippen LogP contribution in [0.1, 0.15) is 13.8 Å². The Morgan fingerprint density at radius 1 is 1.50 bits per heavy atom. The lowest BCUT2D eigenvalue weighted by molar-refractivity contribution is 1.64. The molecule has 0 radical (unpaired) electrons. The van der Waals surface area contributed by atoms with Crippen LogP contribution in [0.25, 0.3) is 0 Å². The van der Waals surface area contributed by atoms with Crippen molar-refractivity contribution in [2.24, 2.45) is 0 Å². The predicted molar refractivity (Wildman–Crippen MR) is 42.7 cm³/mol. The van der Waals surface area contributed by atoms with Crippen LogP contribution in [0.15, 0.2) is 22.0 Å². The first-order valence-electron chi connectivity index (χ1n) is 2.52. The summed E-state index contributed by atoms with van der Waals surface area (Å²) in [6, 6.07) is 0.